The molecule has 0 unspecified atom stereocenters. The highest BCUT2D eigenvalue weighted by atomic mass is 31.1. The first-order chi connectivity index (χ1) is 13.2. The van der Waals surface area contributed by atoms with Crippen LogP contribution in [0.3, 0.4) is 0 Å². The fourth-order valence-corrected chi connectivity index (χ4v) is 9.88. The third-order valence-corrected chi connectivity index (χ3v) is 11.5. The summed E-state index contributed by atoms with van der Waals surface area (Å²) in [6.45, 7) is 14.5. The van der Waals surface area contributed by atoms with Crippen molar-refractivity contribution in [1.82, 2.24) is 9.97 Å². The molecular weight excluding hydrogens is 378 g/mol. The summed E-state index contributed by atoms with van der Waals surface area (Å²) >= 11 is 0. The average Bonchev–Trinajstić information content (AvgIpc) is 3.30. The molecule has 2 N–H and O–H groups in total. The van der Waals surface area contributed by atoms with Crippen LogP contribution in [-0.2, 0) is 12.3 Å². The van der Waals surface area contributed by atoms with Crippen molar-refractivity contribution in [3.8, 4) is 0 Å². The molecule has 28 heavy (non-hydrogen) atoms. The van der Waals surface area contributed by atoms with E-state index in [0.29, 0.717) is 10.3 Å². The minimum Gasteiger partial charge on any atom is -0.367 e. The Balaban J connectivity index is 1.93. The number of nitrogens with one attached hydrogen (secondary N) is 2. The van der Waals surface area contributed by atoms with Crippen LogP contribution < -0.4 is 10.6 Å². The van der Waals surface area contributed by atoms with Gasteiger partial charge in [-0.05, 0) is 58.3 Å². The Morgan fingerprint density at radius 1 is 0.679 bits per heavy atom. The van der Waals surface area contributed by atoms with Gasteiger partial charge in [-0.3, -0.25) is 0 Å². The van der Waals surface area contributed by atoms with Gasteiger partial charge in [-0.2, -0.15) is 0 Å². The van der Waals surface area contributed by atoms with Crippen molar-refractivity contribution in [1.29, 1.82) is 0 Å². The van der Waals surface area contributed by atoms with Gasteiger partial charge in [0.1, 0.15) is 0 Å². The van der Waals surface area contributed by atoms with Crippen molar-refractivity contribution in [2.75, 3.05) is 0 Å². The first-order valence-corrected chi connectivity index (χ1v) is 13.1. The highest BCUT2D eigenvalue weighted by Crippen LogP contribution is 2.61. The Bertz CT molecular complexity index is 805. The van der Waals surface area contributed by atoms with Crippen molar-refractivity contribution in [2.24, 2.45) is 0 Å². The number of rotatable bonds is 6. The molecule has 0 saturated heterocycles. The van der Waals surface area contributed by atoms with Gasteiger partial charge >= 0.3 is 0 Å². The van der Waals surface area contributed by atoms with Gasteiger partial charge in [-0.15, -0.1) is 0 Å². The van der Waals surface area contributed by atoms with Gasteiger partial charge in [0.15, 0.2) is 0 Å². The second-order valence-corrected chi connectivity index (χ2v) is 15.5. The molecule has 0 amide bonds. The van der Waals surface area contributed by atoms with Crippen molar-refractivity contribution in [3.63, 3.8) is 0 Å². The van der Waals surface area contributed by atoms with Gasteiger partial charge in [0, 0.05) is 30.9 Å². The molecule has 0 atom stereocenters. The fraction of sp³-hybridized carbons (Fsp3) is 0.417. The SMILES string of the molecule is CC(C)(C)P(Cc1ccccc1CP(c1cc[nH]c1)c1cc[nH]c1)C(C)(C)C. The van der Waals surface area contributed by atoms with E-state index in [1.54, 1.807) is 0 Å². The van der Waals surface area contributed by atoms with E-state index in [0.717, 1.165) is 6.16 Å². The van der Waals surface area contributed by atoms with E-state index in [1.165, 1.54) is 27.9 Å². The lowest BCUT2D eigenvalue weighted by molar-refractivity contribution is 0.702. The highest BCUT2D eigenvalue weighted by Gasteiger charge is 2.34. The van der Waals surface area contributed by atoms with Crippen LogP contribution in [0.4, 0.5) is 0 Å². The average molecular weight is 412 g/mol. The number of hydrogen-bond acceptors (Lipinski definition) is 0. The van der Waals surface area contributed by atoms with Gasteiger partial charge in [0.2, 0.25) is 0 Å². The Hall–Kier alpha value is -1.36. The Morgan fingerprint density at radius 3 is 1.54 bits per heavy atom. The molecule has 0 saturated carbocycles. The molecule has 3 aromatic rings. The van der Waals surface area contributed by atoms with Crippen LogP contribution in [-0.4, -0.2) is 20.3 Å². The third kappa shape index (κ3) is 5.16. The largest absolute Gasteiger partial charge is 0.367 e. The number of aromatic amines is 2. The predicted molar refractivity (Wildman–Crippen MR) is 128 cm³/mol. The van der Waals surface area contributed by atoms with Crippen molar-refractivity contribution in [2.45, 2.75) is 64.2 Å². The van der Waals surface area contributed by atoms with Crippen molar-refractivity contribution in [3.05, 3.63) is 72.3 Å². The zero-order valence-corrected chi connectivity index (χ0v) is 19.9. The maximum absolute atomic E-state index is 3.25. The van der Waals surface area contributed by atoms with E-state index in [1.807, 2.05) is 12.4 Å². The first kappa shape index (κ1) is 21.4. The molecular formula is C24H34N2P2. The van der Waals surface area contributed by atoms with Crippen LogP contribution in [0.5, 0.6) is 0 Å². The summed E-state index contributed by atoms with van der Waals surface area (Å²) in [5, 5.41) is 3.51. The highest BCUT2D eigenvalue weighted by molar-refractivity contribution is 7.72. The van der Waals surface area contributed by atoms with Gasteiger partial charge < -0.3 is 9.97 Å². The lowest BCUT2D eigenvalue weighted by atomic mass is 10.1. The second-order valence-electron chi connectivity index (χ2n) is 9.42. The summed E-state index contributed by atoms with van der Waals surface area (Å²) in [6, 6.07) is 13.6. The monoisotopic (exact) mass is 412 g/mol. The van der Waals surface area contributed by atoms with E-state index in [2.05, 4.69) is 100 Å². The van der Waals surface area contributed by atoms with E-state index in [9.17, 15) is 0 Å². The van der Waals surface area contributed by atoms with E-state index in [-0.39, 0.29) is 7.92 Å². The minimum absolute atomic E-state index is 0.155. The number of hydrogen-bond donors (Lipinski definition) is 2. The number of H-pyrrole nitrogens is 2. The Kier molecular flexibility index (Phi) is 6.53. The summed E-state index contributed by atoms with van der Waals surface area (Å²) in [7, 11) is -0.561. The lowest BCUT2D eigenvalue weighted by Gasteiger charge is -2.42. The molecule has 0 aliphatic carbocycles. The maximum Gasteiger partial charge on any atom is 0.00860 e. The summed E-state index contributed by atoms with van der Waals surface area (Å²) < 4.78 is 0. The molecule has 0 aliphatic heterocycles. The molecule has 0 spiro atoms. The van der Waals surface area contributed by atoms with Crippen LogP contribution in [0.2, 0.25) is 0 Å². The molecule has 0 fully saturated rings. The van der Waals surface area contributed by atoms with Gasteiger partial charge in [-0.1, -0.05) is 73.7 Å². The topological polar surface area (TPSA) is 31.6 Å². The molecule has 3 rings (SSSR count). The van der Waals surface area contributed by atoms with Gasteiger partial charge in [0.05, 0.1) is 0 Å². The predicted octanol–water partition coefficient (Wildman–Crippen LogP) is 6.55. The van der Waals surface area contributed by atoms with Crippen molar-refractivity contribution < 1.29 is 0 Å². The zero-order chi connectivity index (χ0) is 20.4. The summed E-state index contributed by atoms with van der Waals surface area (Å²) in [5.74, 6) is 0. The second kappa shape index (κ2) is 8.56. The van der Waals surface area contributed by atoms with Crippen LogP contribution >= 0.6 is 15.8 Å². The molecule has 2 aromatic heterocycles. The summed E-state index contributed by atoms with van der Waals surface area (Å²) in [6.07, 6.45) is 10.7. The number of benzene rings is 1. The molecule has 2 nitrogen and oxygen atoms in total. The van der Waals surface area contributed by atoms with Crippen LogP contribution in [0.1, 0.15) is 52.7 Å². The quantitative estimate of drug-likeness (QED) is 0.430. The molecule has 0 radical (unpaired) electrons. The smallest absolute Gasteiger partial charge is 0.00860 e. The molecule has 2 heterocycles. The van der Waals surface area contributed by atoms with E-state index in [4.69, 9.17) is 0 Å². The zero-order valence-electron chi connectivity index (χ0n) is 18.1. The fourth-order valence-electron chi connectivity index (χ4n) is 3.98. The number of aromatic nitrogens is 2. The third-order valence-electron chi connectivity index (χ3n) is 5.18. The summed E-state index contributed by atoms with van der Waals surface area (Å²) in [5.41, 5.74) is 3.05. The maximum atomic E-state index is 3.25. The Labute approximate surface area is 173 Å². The lowest BCUT2D eigenvalue weighted by Crippen LogP contribution is -2.26. The minimum atomic E-state index is -0.406. The molecule has 0 aliphatic rings. The standard InChI is InChI=1S/C24H34N2P2/c1-23(2,3)28(24(4,5)6)18-20-10-8-7-9-19(20)17-27(21-11-13-25-15-21)22-12-14-26-16-22/h7-16,25-26H,17-18H2,1-6H3. The molecule has 1 aromatic carbocycles. The normalized spacial score (nSPS) is 12.9. The van der Waals surface area contributed by atoms with Gasteiger partial charge in [-0.25, -0.2) is 0 Å². The van der Waals surface area contributed by atoms with Crippen LogP contribution in [0.25, 0.3) is 0 Å². The van der Waals surface area contributed by atoms with Gasteiger partial charge in [0.25, 0.3) is 0 Å². The van der Waals surface area contributed by atoms with Crippen LogP contribution in [0, 0.1) is 0 Å². The molecule has 150 valence electrons. The molecule has 0 bridgehead atoms. The van der Waals surface area contributed by atoms with Crippen molar-refractivity contribution >= 4 is 26.5 Å². The Morgan fingerprint density at radius 2 is 1.14 bits per heavy atom. The van der Waals surface area contributed by atoms with Crippen LogP contribution in [0.15, 0.2) is 61.2 Å². The first-order valence-electron chi connectivity index (χ1n) is 10.0. The summed E-state index contributed by atoms with van der Waals surface area (Å²) in [4.78, 5) is 6.51. The molecule has 4 heteroatoms. The van der Waals surface area contributed by atoms with E-state index >= 15 is 0 Å². The van der Waals surface area contributed by atoms with E-state index < -0.39 is 7.92 Å².